The number of alkyl carbamates (subject to hydrolysis) is 2. The Balaban J connectivity index is 1.62. The number of hydrogen-bond donors (Lipinski definition) is 3. The molecule has 46 heavy (non-hydrogen) atoms. The summed E-state index contributed by atoms with van der Waals surface area (Å²) in [4.78, 5) is 34.7. The summed E-state index contributed by atoms with van der Waals surface area (Å²) in [5, 5.41) is 13.8. The maximum Gasteiger partial charge on any atom is 0.407 e. The number of carbonyl (C=O) groups excluding carboxylic acids is 3. The van der Waals surface area contributed by atoms with Gasteiger partial charge >= 0.3 is 18.2 Å². The predicted octanol–water partition coefficient (Wildman–Crippen LogP) is 3.37. The normalized spacial score (nSPS) is 10.9. The number of ether oxygens (including phenoxy) is 7. The molecule has 0 saturated carbocycles. The Labute approximate surface area is 270 Å². The minimum Gasteiger partial charge on any atom is -0.490 e. The third-order valence-electron chi connectivity index (χ3n) is 6.40. The molecule has 0 heterocycles. The fraction of sp³-hybridized carbons (Fsp3) is 0.485. The quantitative estimate of drug-likeness (QED) is 0.0745. The van der Waals surface area contributed by atoms with Gasteiger partial charge in [-0.1, -0.05) is 44.7 Å². The first-order valence-electron chi connectivity index (χ1n) is 15.0. The van der Waals surface area contributed by atoms with E-state index in [2.05, 4.69) is 31.1 Å². The van der Waals surface area contributed by atoms with Gasteiger partial charge in [-0.15, -0.1) is 0 Å². The Morgan fingerprint density at radius 2 is 1.09 bits per heavy atom. The van der Waals surface area contributed by atoms with Crippen LogP contribution >= 0.6 is 0 Å². The van der Waals surface area contributed by atoms with Gasteiger partial charge in [-0.25, -0.2) is 14.4 Å². The molecule has 3 N–H and O–H groups in total. The number of hydrogen-bond acceptors (Lipinski definition) is 11. The number of carbonyl (C=O) groups is 3. The molecule has 2 aromatic rings. The Morgan fingerprint density at radius 3 is 1.52 bits per heavy atom. The fourth-order valence-corrected chi connectivity index (χ4v) is 3.83. The van der Waals surface area contributed by atoms with E-state index in [1.54, 1.807) is 6.92 Å². The summed E-state index contributed by atoms with van der Waals surface area (Å²) in [5.74, 6) is 0.844. The zero-order valence-corrected chi connectivity index (χ0v) is 26.8. The van der Waals surface area contributed by atoms with E-state index in [1.807, 2.05) is 48.5 Å². The van der Waals surface area contributed by atoms with Gasteiger partial charge in [0.15, 0.2) is 0 Å². The number of aliphatic hydroxyl groups is 1. The van der Waals surface area contributed by atoms with Crippen molar-refractivity contribution in [1.29, 1.82) is 0 Å². The van der Waals surface area contributed by atoms with Gasteiger partial charge in [-0.3, -0.25) is 0 Å². The average Bonchev–Trinajstić information content (AvgIpc) is 3.04. The molecule has 0 aliphatic heterocycles. The molecule has 2 rings (SSSR count). The van der Waals surface area contributed by atoms with Crippen LogP contribution in [0, 0.1) is 0 Å². The molecule has 0 aromatic heterocycles. The summed E-state index contributed by atoms with van der Waals surface area (Å²) in [7, 11) is 0. The molecule has 0 atom stereocenters. The van der Waals surface area contributed by atoms with Crippen LogP contribution in [0.15, 0.2) is 60.7 Å². The lowest BCUT2D eigenvalue weighted by Gasteiger charge is -2.26. The van der Waals surface area contributed by atoms with Crippen molar-refractivity contribution in [1.82, 2.24) is 10.6 Å². The highest BCUT2D eigenvalue weighted by Crippen LogP contribution is 2.33. The number of esters is 1. The minimum atomic E-state index is -0.580. The summed E-state index contributed by atoms with van der Waals surface area (Å²) in [6, 6.07) is 15.5. The van der Waals surface area contributed by atoms with Crippen molar-refractivity contribution in [3.05, 3.63) is 71.8 Å². The van der Waals surface area contributed by atoms with E-state index in [9.17, 15) is 14.4 Å². The molecule has 0 aliphatic carbocycles. The Kier molecular flexibility index (Phi) is 17.6. The van der Waals surface area contributed by atoms with Gasteiger partial charge < -0.3 is 48.9 Å². The monoisotopic (exact) mass is 646 g/mol. The lowest BCUT2D eigenvalue weighted by atomic mass is 9.78. The fourth-order valence-electron chi connectivity index (χ4n) is 3.83. The Morgan fingerprint density at radius 1 is 0.652 bits per heavy atom. The second kappa shape index (κ2) is 21.4. The number of aliphatic hydroxyl groups excluding tert-OH is 1. The molecule has 2 aromatic carbocycles. The van der Waals surface area contributed by atoms with Gasteiger partial charge in [-0.2, -0.15) is 0 Å². The second-order valence-corrected chi connectivity index (χ2v) is 10.4. The van der Waals surface area contributed by atoms with Crippen LogP contribution in [0.1, 0.15) is 31.9 Å². The molecule has 0 spiro atoms. The highest BCUT2D eigenvalue weighted by atomic mass is 16.6. The van der Waals surface area contributed by atoms with Crippen molar-refractivity contribution in [2.24, 2.45) is 0 Å². The van der Waals surface area contributed by atoms with Crippen LogP contribution in [-0.4, -0.2) is 102 Å². The van der Waals surface area contributed by atoms with Gasteiger partial charge in [0.25, 0.3) is 0 Å². The predicted molar refractivity (Wildman–Crippen MR) is 169 cm³/mol. The summed E-state index contributed by atoms with van der Waals surface area (Å²) in [5.41, 5.74) is 2.20. The van der Waals surface area contributed by atoms with Crippen LogP contribution < -0.4 is 20.1 Å². The molecule has 0 aliphatic rings. The van der Waals surface area contributed by atoms with Gasteiger partial charge in [0.05, 0.1) is 33.0 Å². The van der Waals surface area contributed by atoms with Crippen molar-refractivity contribution in [3.63, 3.8) is 0 Å². The molecule has 2 amide bonds. The maximum absolute atomic E-state index is 11.8. The second-order valence-electron chi connectivity index (χ2n) is 10.4. The first-order chi connectivity index (χ1) is 22.1. The molecule has 13 nitrogen and oxygen atoms in total. The average molecular weight is 647 g/mol. The maximum atomic E-state index is 11.8. The number of benzene rings is 2. The van der Waals surface area contributed by atoms with Crippen molar-refractivity contribution >= 4 is 18.2 Å². The Bertz CT molecular complexity index is 1200. The first kappa shape index (κ1) is 37.9. The lowest BCUT2D eigenvalue weighted by Crippen LogP contribution is -2.29. The molecule has 254 valence electrons. The van der Waals surface area contributed by atoms with E-state index in [-0.39, 0.29) is 71.4 Å². The highest BCUT2D eigenvalue weighted by molar-refractivity contribution is 5.86. The van der Waals surface area contributed by atoms with E-state index >= 15 is 0 Å². The van der Waals surface area contributed by atoms with Crippen LogP contribution in [0.3, 0.4) is 0 Å². The zero-order chi connectivity index (χ0) is 33.6. The minimum absolute atomic E-state index is 0.0633. The first-order valence-corrected chi connectivity index (χ1v) is 15.0. The molecule has 0 bridgehead atoms. The van der Waals surface area contributed by atoms with Crippen LogP contribution in [-0.2, 0) is 33.9 Å². The van der Waals surface area contributed by atoms with Gasteiger partial charge in [0.1, 0.15) is 44.5 Å². The summed E-state index contributed by atoms with van der Waals surface area (Å²) < 4.78 is 36.8. The summed E-state index contributed by atoms with van der Waals surface area (Å²) in [6.07, 6.45) is -1.14. The Hall–Kier alpha value is -4.33. The van der Waals surface area contributed by atoms with Crippen LogP contribution in [0.4, 0.5) is 9.59 Å². The number of nitrogens with one attached hydrogen (secondary N) is 2. The van der Waals surface area contributed by atoms with Crippen LogP contribution in [0.2, 0.25) is 0 Å². The van der Waals surface area contributed by atoms with E-state index < -0.39 is 18.2 Å². The summed E-state index contributed by atoms with van der Waals surface area (Å²) in [6.45, 7) is 11.5. The molecular weight excluding hydrogens is 600 g/mol. The molecule has 0 unspecified atom stereocenters. The van der Waals surface area contributed by atoms with Crippen molar-refractivity contribution < 1.29 is 52.6 Å². The van der Waals surface area contributed by atoms with Gasteiger partial charge in [0, 0.05) is 24.1 Å². The van der Waals surface area contributed by atoms with E-state index in [4.69, 9.17) is 38.3 Å². The third-order valence-corrected chi connectivity index (χ3v) is 6.40. The van der Waals surface area contributed by atoms with E-state index in [0.717, 1.165) is 11.1 Å². The molecule has 0 radical (unpaired) electrons. The van der Waals surface area contributed by atoms with Gasteiger partial charge in [-0.05, 0) is 42.3 Å². The topological polar surface area (TPSA) is 160 Å². The third kappa shape index (κ3) is 15.1. The van der Waals surface area contributed by atoms with E-state index in [1.165, 1.54) is 0 Å². The SMILES string of the molecule is C=C(C)C(=O)OCCOCCNC(=O)OCCOc1ccc(C(C)(C)c2ccc(OCCOC(=O)NCCOCCO)cc2)cc1. The zero-order valence-electron chi connectivity index (χ0n) is 26.8. The van der Waals surface area contributed by atoms with Crippen LogP contribution in [0.25, 0.3) is 0 Å². The molecular formula is C33H46N2O11. The van der Waals surface area contributed by atoms with Crippen molar-refractivity contribution in [2.45, 2.75) is 26.2 Å². The molecule has 0 fully saturated rings. The van der Waals surface area contributed by atoms with Gasteiger partial charge in [0.2, 0.25) is 0 Å². The smallest absolute Gasteiger partial charge is 0.407 e. The number of amides is 2. The van der Waals surface area contributed by atoms with Crippen molar-refractivity contribution in [3.8, 4) is 11.5 Å². The summed E-state index contributed by atoms with van der Waals surface area (Å²) >= 11 is 0. The number of rotatable bonds is 22. The largest absolute Gasteiger partial charge is 0.490 e. The lowest BCUT2D eigenvalue weighted by molar-refractivity contribution is -0.140. The molecule has 13 heteroatoms. The highest BCUT2D eigenvalue weighted by Gasteiger charge is 2.23. The van der Waals surface area contributed by atoms with Crippen LogP contribution in [0.5, 0.6) is 11.5 Å². The van der Waals surface area contributed by atoms with Crippen molar-refractivity contribution in [2.75, 3.05) is 79.2 Å². The standard InChI is InChI=1S/C33H46N2O11/c1-25(2)30(37)44-20-19-41-17-14-35-32(39)46-24-22-43-29-11-7-27(8-12-29)33(3,4)26-5-9-28(10-6-26)42-21-23-45-31(38)34-13-16-40-18-15-36/h5-12,36H,1,13-24H2,2-4H3,(H,34,38)(H,35,39). The molecule has 0 saturated heterocycles. The van der Waals surface area contributed by atoms with E-state index in [0.29, 0.717) is 30.2 Å².